The third-order valence-corrected chi connectivity index (χ3v) is 5.49. The van der Waals surface area contributed by atoms with E-state index in [4.69, 9.17) is 11.6 Å². The van der Waals surface area contributed by atoms with Crippen LogP contribution in [0.4, 0.5) is 17.3 Å². The van der Waals surface area contributed by atoms with Gasteiger partial charge in [0.15, 0.2) is 0 Å². The fourth-order valence-corrected chi connectivity index (χ4v) is 3.67. The highest BCUT2D eigenvalue weighted by atomic mass is 35.5. The molecule has 0 saturated heterocycles. The minimum absolute atomic E-state index is 0.511. The van der Waals surface area contributed by atoms with Crippen molar-refractivity contribution in [1.82, 2.24) is 15.0 Å². The fraction of sp³-hybridized carbons (Fsp3) is 0.273. The fourth-order valence-electron chi connectivity index (χ4n) is 3.42. The molecule has 1 N–H and O–H groups in total. The van der Waals surface area contributed by atoms with Crippen LogP contribution in [0.15, 0.2) is 48.9 Å². The van der Waals surface area contributed by atoms with Gasteiger partial charge in [0.25, 0.3) is 0 Å². The molecule has 3 heterocycles. The molecule has 0 saturated carbocycles. The number of pyridine rings is 1. The molecule has 1 aliphatic heterocycles. The number of nitrogens with one attached hydrogen (secondary N) is 1. The molecule has 0 amide bonds. The molecule has 0 spiro atoms. The van der Waals surface area contributed by atoms with Crippen molar-refractivity contribution >= 4 is 28.9 Å². The van der Waals surface area contributed by atoms with Crippen LogP contribution in [0.1, 0.15) is 30.7 Å². The van der Waals surface area contributed by atoms with Crippen molar-refractivity contribution in [1.29, 1.82) is 5.26 Å². The van der Waals surface area contributed by atoms with E-state index in [1.165, 1.54) is 0 Å². The summed E-state index contributed by atoms with van der Waals surface area (Å²) in [6, 6.07) is 13.9. The number of aromatic nitrogens is 3. The number of benzene rings is 1. The summed E-state index contributed by atoms with van der Waals surface area (Å²) >= 11 is 6.31. The third kappa shape index (κ3) is 3.87. The Labute approximate surface area is 175 Å². The molecule has 3 aromatic rings. The molecule has 7 heteroatoms. The Hall–Kier alpha value is -3.17. The zero-order valence-electron chi connectivity index (χ0n) is 16.4. The van der Waals surface area contributed by atoms with Crippen LogP contribution >= 0.6 is 11.6 Å². The highest BCUT2D eigenvalue weighted by Gasteiger charge is 2.23. The number of anilines is 3. The summed E-state index contributed by atoms with van der Waals surface area (Å²) in [5.74, 6) is 1.60. The lowest BCUT2D eigenvalue weighted by atomic mass is 9.86. The Bertz CT molecular complexity index is 1070. The first-order chi connectivity index (χ1) is 14.0. The zero-order valence-corrected chi connectivity index (χ0v) is 17.1. The first-order valence-electron chi connectivity index (χ1n) is 9.45. The monoisotopic (exact) mass is 404 g/mol. The maximum atomic E-state index is 9.31. The van der Waals surface area contributed by atoms with Crippen LogP contribution in [0.2, 0.25) is 5.02 Å². The van der Waals surface area contributed by atoms with E-state index < -0.39 is 5.41 Å². The SMILES string of the molecule is CC(C)(C#N)c1ccc(Nc2ncnc3c2CCN(c2ncccc2Cl)C3)cc1. The van der Waals surface area contributed by atoms with Crippen molar-refractivity contribution in [3.8, 4) is 6.07 Å². The number of rotatable bonds is 4. The summed E-state index contributed by atoms with van der Waals surface area (Å²) in [6.07, 6.45) is 4.13. The summed E-state index contributed by atoms with van der Waals surface area (Å²) < 4.78 is 0. The van der Waals surface area contributed by atoms with Gasteiger partial charge in [0, 0.05) is 24.0 Å². The molecule has 29 heavy (non-hydrogen) atoms. The molecular formula is C22H21ClN6. The van der Waals surface area contributed by atoms with Gasteiger partial charge in [-0.2, -0.15) is 5.26 Å². The van der Waals surface area contributed by atoms with E-state index in [2.05, 4.69) is 31.2 Å². The number of nitriles is 1. The predicted molar refractivity (Wildman–Crippen MR) is 114 cm³/mol. The van der Waals surface area contributed by atoms with Gasteiger partial charge < -0.3 is 10.2 Å². The number of halogens is 1. The van der Waals surface area contributed by atoms with Crippen molar-refractivity contribution in [3.63, 3.8) is 0 Å². The maximum Gasteiger partial charge on any atom is 0.147 e. The van der Waals surface area contributed by atoms with Crippen LogP contribution in [0.25, 0.3) is 0 Å². The van der Waals surface area contributed by atoms with Gasteiger partial charge in [0.05, 0.1) is 28.7 Å². The molecule has 1 aromatic carbocycles. The molecule has 0 radical (unpaired) electrons. The summed E-state index contributed by atoms with van der Waals surface area (Å²) in [6.45, 7) is 5.26. The van der Waals surface area contributed by atoms with E-state index in [0.717, 1.165) is 47.1 Å². The van der Waals surface area contributed by atoms with Crippen molar-refractivity contribution < 1.29 is 0 Å². The van der Waals surface area contributed by atoms with Crippen LogP contribution in [-0.2, 0) is 18.4 Å². The maximum absolute atomic E-state index is 9.31. The van der Waals surface area contributed by atoms with Gasteiger partial charge in [0.1, 0.15) is 18.0 Å². The minimum Gasteiger partial charge on any atom is -0.349 e. The van der Waals surface area contributed by atoms with Crippen molar-refractivity contribution in [3.05, 3.63) is 70.8 Å². The quantitative estimate of drug-likeness (QED) is 0.682. The van der Waals surface area contributed by atoms with Crippen LogP contribution in [0.3, 0.4) is 0 Å². The van der Waals surface area contributed by atoms with Gasteiger partial charge in [0.2, 0.25) is 0 Å². The standard InChI is InChI=1S/C22H21ClN6/c1-22(2,13-24)15-5-7-16(8-6-15)28-20-17-9-11-29(12-19(17)26-14-27-20)21-18(23)4-3-10-25-21/h3-8,10,14H,9,11-12H2,1-2H3,(H,26,27,28). The van der Waals surface area contributed by atoms with Crippen LogP contribution in [0.5, 0.6) is 0 Å². The third-order valence-electron chi connectivity index (χ3n) is 5.19. The first-order valence-corrected chi connectivity index (χ1v) is 9.83. The van der Waals surface area contributed by atoms with Crippen molar-refractivity contribution in [2.24, 2.45) is 0 Å². The molecule has 4 rings (SSSR count). The predicted octanol–water partition coefficient (Wildman–Crippen LogP) is 4.63. The Morgan fingerprint density at radius 1 is 1.14 bits per heavy atom. The first kappa shape index (κ1) is 19.2. The Morgan fingerprint density at radius 3 is 2.66 bits per heavy atom. The molecule has 0 unspecified atom stereocenters. The van der Waals surface area contributed by atoms with Gasteiger partial charge in [-0.25, -0.2) is 15.0 Å². The molecule has 6 nitrogen and oxygen atoms in total. The smallest absolute Gasteiger partial charge is 0.147 e. The Morgan fingerprint density at radius 2 is 1.93 bits per heavy atom. The van der Waals surface area contributed by atoms with E-state index in [1.54, 1.807) is 12.5 Å². The van der Waals surface area contributed by atoms with E-state index in [-0.39, 0.29) is 0 Å². The van der Waals surface area contributed by atoms with Gasteiger partial charge in [-0.1, -0.05) is 23.7 Å². The van der Waals surface area contributed by atoms with E-state index in [9.17, 15) is 5.26 Å². The Kier molecular flexibility index (Phi) is 5.08. The van der Waals surface area contributed by atoms with Gasteiger partial charge in [-0.3, -0.25) is 0 Å². The normalized spacial score (nSPS) is 13.5. The molecule has 146 valence electrons. The molecule has 0 fully saturated rings. The molecule has 2 aromatic heterocycles. The lowest BCUT2D eigenvalue weighted by Gasteiger charge is -2.30. The van der Waals surface area contributed by atoms with E-state index in [0.29, 0.717) is 11.6 Å². The van der Waals surface area contributed by atoms with Gasteiger partial charge in [-0.15, -0.1) is 0 Å². The lowest BCUT2D eigenvalue weighted by Crippen LogP contribution is -2.32. The van der Waals surface area contributed by atoms with E-state index in [1.807, 2.05) is 50.2 Å². The number of hydrogen-bond donors (Lipinski definition) is 1. The number of fused-ring (bicyclic) bond motifs is 1. The summed E-state index contributed by atoms with van der Waals surface area (Å²) in [7, 11) is 0. The largest absolute Gasteiger partial charge is 0.349 e. The molecular weight excluding hydrogens is 384 g/mol. The topological polar surface area (TPSA) is 77.7 Å². The lowest BCUT2D eigenvalue weighted by molar-refractivity contribution is 0.687. The average molecular weight is 405 g/mol. The van der Waals surface area contributed by atoms with E-state index >= 15 is 0 Å². The van der Waals surface area contributed by atoms with Gasteiger partial charge in [-0.05, 0) is 50.1 Å². The summed E-state index contributed by atoms with van der Waals surface area (Å²) in [5.41, 5.74) is 3.48. The number of nitrogens with zero attached hydrogens (tertiary/aromatic N) is 5. The molecule has 0 atom stereocenters. The molecule has 0 bridgehead atoms. The highest BCUT2D eigenvalue weighted by molar-refractivity contribution is 6.32. The van der Waals surface area contributed by atoms with Crippen molar-refractivity contribution in [2.45, 2.75) is 32.2 Å². The molecule has 1 aliphatic rings. The van der Waals surface area contributed by atoms with Crippen LogP contribution in [0, 0.1) is 11.3 Å². The number of hydrogen-bond acceptors (Lipinski definition) is 6. The summed E-state index contributed by atoms with van der Waals surface area (Å²) in [5, 5.41) is 13.3. The van der Waals surface area contributed by atoms with Crippen LogP contribution < -0.4 is 10.2 Å². The van der Waals surface area contributed by atoms with Gasteiger partial charge >= 0.3 is 0 Å². The zero-order chi connectivity index (χ0) is 20.4. The molecule has 0 aliphatic carbocycles. The van der Waals surface area contributed by atoms with Crippen LogP contribution in [-0.4, -0.2) is 21.5 Å². The summed E-state index contributed by atoms with van der Waals surface area (Å²) in [4.78, 5) is 15.5. The average Bonchev–Trinajstić information content (AvgIpc) is 2.74. The second-order valence-electron chi connectivity index (χ2n) is 7.57. The van der Waals surface area contributed by atoms with Crippen molar-refractivity contribution in [2.75, 3.05) is 16.8 Å². The minimum atomic E-state index is -0.511. The Balaban J connectivity index is 1.55. The second-order valence-corrected chi connectivity index (χ2v) is 7.97. The highest BCUT2D eigenvalue weighted by Crippen LogP contribution is 2.31. The second kappa shape index (κ2) is 7.69.